The molecule has 108 valence electrons. The maximum Gasteiger partial charge on any atom is 0.320 e. The Labute approximate surface area is 124 Å². The van der Waals surface area contributed by atoms with Crippen molar-refractivity contribution in [3.05, 3.63) is 59.7 Å². The summed E-state index contributed by atoms with van der Waals surface area (Å²) in [5.74, 6) is -0.779. The maximum absolute atomic E-state index is 11.4. The molecule has 3 heteroatoms. The van der Waals surface area contributed by atoms with Crippen LogP contribution in [0.5, 0.6) is 0 Å². The zero-order chi connectivity index (χ0) is 14.8. The van der Waals surface area contributed by atoms with Crippen LogP contribution in [0.15, 0.2) is 48.5 Å². The summed E-state index contributed by atoms with van der Waals surface area (Å²) < 4.78 is 0. The minimum atomic E-state index is -0.779. The molecule has 3 nitrogen and oxygen atoms in total. The highest BCUT2D eigenvalue weighted by molar-refractivity contribution is 5.79. The van der Waals surface area contributed by atoms with Gasteiger partial charge in [-0.25, -0.2) is 0 Å². The third kappa shape index (κ3) is 2.45. The largest absolute Gasteiger partial charge is 0.480 e. The van der Waals surface area contributed by atoms with Gasteiger partial charge in [0, 0.05) is 0 Å². The van der Waals surface area contributed by atoms with Crippen LogP contribution in [-0.4, -0.2) is 17.1 Å². The van der Waals surface area contributed by atoms with E-state index in [1.807, 2.05) is 31.2 Å². The van der Waals surface area contributed by atoms with Crippen molar-refractivity contribution in [2.45, 2.75) is 31.8 Å². The number of nitrogens with one attached hydrogen (secondary N) is 1. The molecule has 0 amide bonds. The van der Waals surface area contributed by atoms with Gasteiger partial charge in [-0.05, 0) is 28.7 Å². The number of aliphatic carboxylic acids is 1. The third-order valence-electron chi connectivity index (χ3n) is 4.08. The third-order valence-corrected chi connectivity index (χ3v) is 4.08. The Balaban J connectivity index is 2.00. The number of rotatable bonds is 5. The van der Waals surface area contributed by atoms with E-state index in [2.05, 4.69) is 29.6 Å². The van der Waals surface area contributed by atoms with Gasteiger partial charge in [-0.3, -0.25) is 10.1 Å². The van der Waals surface area contributed by atoms with Crippen LogP contribution in [0.1, 0.15) is 36.9 Å². The van der Waals surface area contributed by atoms with E-state index in [0.29, 0.717) is 6.42 Å². The number of carboxylic acids is 1. The Bertz CT molecular complexity index is 620. The van der Waals surface area contributed by atoms with Gasteiger partial charge in [0.2, 0.25) is 0 Å². The van der Waals surface area contributed by atoms with E-state index in [9.17, 15) is 9.90 Å². The summed E-state index contributed by atoms with van der Waals surface area (Å²) in [5.41, 5.74) is 4.74. The number of hydrogen-bond acceptors (Lipinski definition) is 2. The van der Waals surface area contributed by atoms with E-state index in [0.717, 1.165) is 6.42 Å². The molecule has 1 aliphatic carbocycles. The zero-order valence-electron chi connectivity index (χ0n) is 12.0. The van der Waals surface area contributed by atoms with E-state index < -0.39 is 12.0 Å². The van der Waals surface area contributed by atoms with Crippen molar-refractivity contribution in [3.63, 3.8) is 0 Å². The molecule has 2 aromatic carbocycles. The molecular formula is C18H19NO2. The van der Waals surface area contributed by atoms with Gasteiger partial charge in [-0.15, -0.1) is 0 Å². The van der Waals surface area contributed by atoms with Crippen molar-refractivity contribution in [1.82, 2.24) is 5.32 Å². The molecule has 0 spiro atoms. The van der Waals surface area contributed by atoms with Gasteiger partial charge >= 0.3 is 5.97 Å². The van der Waals surface area contributed by atoms with Crippen molar-refractivity contribution in [2.75, 3.05) is 0 Å². The first-order valence-corrected chi connectivity index (χ1v) is 7.39. The Morgan fingerprint density at radius 3 is 2.10 bits per heavy atom. The number of fused-ring (bicyclic) bond motifs is 3. The Hall–Kier alpha value is -2.13. The molecule has 1 atom stereocenters. The topological polar surface area (TPSA) is 49.3 Å². The minimum Gasteiger partial charge on any atom is -0.480 e. The quantitative estimate of drug-likeness (QED) is 0.880. The number of carbonyl (C=O) groups is 1. The second kappa shape index (κ2) is 5.70. The lowest BCUT2D eigenvalue weighted by Crippen LogP contribution is -2.38. The van der Waals surface area contributed by atoms with Crippen LogP contribution in [0.4, 0.5) is 0 Å². The molecule has 1 aliphatic rings. The SMILES string of the molecule is CCCC(NC1c2ccccc2-c2ccccc21)C(=O)O. The molecule has 0 aliphatic heterocycles. The fraction of sp³-hybridized carbons (Fsp3) is 0.278. The van der Waals surface area contributed by atoms with Gasteiger partial charge in [-0.2, -0.15) is 0 Å². The molecule has 0 heterocycles. The fourth-order valence-corrected chi connectivity index (χ4v) is 3.10. The molecule has 0 fully saturated rings. The summed E-state index contributed by atoms with van der Waals surface area (Å²) in [7, 11) is 0. The lowest BCUT2D eigenvalue weighted by molar-refractivity contribution is -0.139. The Morgan fingerprint density at radius 2 is 1.62 bits per heavy atom. The fourth-order valence-electron chi connectivity index (χ4n) is 3.10. The molecule has 0 saturated heterocycles. The van der Waals surface area contributed by atoms with Crippen molar-refractivity contribution in [1.29, 1.82) is 0 Å². The lowest BCUT2D eigenvalue weighted by Gasteiger charge is -2.21. The van der Waals surface area contributed by atoms with Crippen LogP contribution in [0.3, 0.4) is 0 Å². The van der Waals surface area contributed by atoms with Crippen molar-refractivity contribution in [2.24, 2.45) is 0 Å². The highest BCUT2D eigenvalue weighted by Crippen LogP contribution is 2.43. The van der Waals surface area contributed by atoms with Gasteiger partial charge in [-0.1, -0.05) is 61.9 Å². The predicted octanol–water partition coefficient (Wildman–Crippen LogP) is 3.60. The second-order valence-corrected chi connectivity index (χ2v) is 5.45. The van der Waals surface area contributed by atoms with Crippen LogP contribution in [0.25, 0.3) is 11.1 Å². The van der Waals surface area contributed by atoms with E-state index in [1.54, 1.807) is 0 Å². The molecular weight excluding hydrogens is 262 g/mol. The van der Waals surface area contributed by atoms with E-state index in [4.69, 9.17) is 0 Å². The first kappa shape index (κ1) is 13.8. The molecule has 3 rings (SSSR count). The molecule has 21 heavy (non-hydrogen) atoms. The van der Waals surface area contributed by atoms with Crippen LogP contribution in [0, 0.1) is 0 Å². The molecule has 2 N–H and O–H groups in total. The number of hydrogen-bond donors (Lipinski definition) is 2. The summed E-state index contributed by atoms with van der Waals surface area (Å²) >= 11 is 0. The van der Waals surface area contributed by atoms with Crippen molar-refractivity contribution >= 4 is 5.97 Å². The van der Waals surface area contributed by atoms with E-state index in [1.165, 1.54) is 22.3 Å². The smallest absolute Gasteiger partial charge is 0.320 e. The lowest BCUT2D eigenvalue weighted by atomic mass is 10.0. The van der Waals surface area contributed by atoms with Gasteiger partial charge in [0.05, 0.1) is 6.04 Å². The Morgan fingerprint density at radius 1 is 1.10 bits per heavy atom. The molecule has 0 aromatic heterocycles. The van der Waals surface area contributed by atoms with Crippen LogP contribution < -0.4 is 5.32 Å². The number of benzene rings is 2. The second-order valence-electron chi connectivity index (χ2n) is 5.45. The van der Waals surface area contributed by atoms with Gasteiger partial charge in [0.25, 0.3) is 0 Å². The summed E-state index contributed by atoms with van der Waals surface area (Å²) in [6.07, 6.45) is 1.48. The van der Waals surface area contributed by atoms with Gasteiger partial charge < -0.3 is 5.11 Å². The van der Waals surface area contributed by atoms with Crippen LogP contribution in [-0.2, 0) is 4.79 Å². The summed E-state index contributed by atoms with van der Waals surface area (Å²) in [6.45, 7) is 2.01. The molecule has 0 radical (unpaired) electrons. The van der Waals surface area contributed by atoms with E-state index in [-0.39, 0.29) is 6.04 Å². The predicted molar refractivity (Wildman–Crippen MR) is 83.2 cm³/mol. The van der Waals surface area contributed by atoms with Gasteiger partial charge in [0.1, 0.15) is 6.04 Å². The first-order chi connectivity index (χ1) is 10.2. The summed E-state index contributed by atoms with van der Waals surface area (Å²) in [6, 6.07) is 15.9. The van der Waals surface area contributed by atoms with Crippen molar-refractivity contribution in [3.8, 4) is 11.1 Å². The summed E-state index contributed by atoms with van der Waals surface area (Å²) in [4.78, 5) is 11.4. The average molecular weight is 281 g/mol. The van der Waals surface area contributed by atoms with E-state index >= 15 is 0 Å². The molecule has 0 saturated carbocycles. The highest BCUT2D eigenvalue weighted by atomic mass is 16.4. The van der Waals surface area contributed by atoms with Crippen molar-refractivity contribution < 1.29 is 9.90 Å². The normalized spacial score (nSPS) is 14.5. The highest BCUT2D eigenvalue weighted by Gasteiger charge is 2.31. The average Bonchev–Trinajstić information content (AvgIpc) is 2.81. The Kier molecular flexibility index (Phi) is 3.76. The maximum atomic E-state index is 11.4. The standard InChI is InChI=1S/C18H19NO2/c1-2-7-16(18(20)21)19-17-14-10-5-3-8-12(14)13-9-4-6-11-15(13)17/h3-6,8-11,16-17,19H,2,7H2,1H3,(H,20,21). The van der Waals surface area contributed by atoms with Crippen LogP contribution >= 0.6 is 0 Å². The van der Waals surface area contributed by atoms with Crippen LogP contribution in [0.2, 0.25) is 0 Å². The molecule has 0 bridgehead atoms. The first-order valence-electron chi connectivity index (χ1n) is 7.39. The minimum absolute atomic E-state index is 0.0370. The monoisotopic (exact) mass is 281 g/mol. The molecule has 2 aromatic rings. The zero-order valence-corrected chi connectivity index (χ0v) is 12.0. The van der Waals surface area contributed by atoms with Gasteiger partial charge in [0.15, 0.2) is 0 Å². The molecule has 1 unspecified atom stereocenters. The number of carboxylic acid groups (broad SMARTS) is 1. The summed E-state index contributed by atoms with van der Waals surface area (Å²) in [5, 5.41) is 12.7.